The second kappa shape index (κ2) is 8.31. The van der Waals surface area contributed by atoms with Gasteiger partial charge >= 0.3 is 0 Å². The van der Waals surface area contributed by atoms with E-state index in [2.05, 4.69) is 0 Å². The Kier molecular flexibility index (Phi) is 5.03. The first-order valence-electron chi connectivity index (χ1n) is 12.2. The van der Waals surface area contributed by atoms with Gasteiger partial charge < -0.3 is 42.6 Å². The quantitative estimate of drug-likeness (QED) is 0.609. The maximum atomic E-state index is 6.24. The van der Waals surface area contributed by atoms with Crippen LogP contribution in [0.15, 0.2) is 60.7 Å². The summed E-state index contributed by atoms with van der Waals surface area (Å²) in [5.74, 6) is 0. The van der Waals surface area contributed by atoms with Crippen molar-refractivity contribution in [2.75, 3.05) is 13.2 Å². The number of fused-ring (bicyclic) bond motifs is 6. The van der Waals surface area contributed by atoms with Crippen LogP contribution >= 0.6 is 0 Å². The molecule has 8 rings (SSSR count). The highest BCUT2D eigenvalue weighted by molar-refractivity contribution is 5.18. The predicted octanol–water partition coefficient (Wildman–Crippen LogP) is 2.22. The van der Waals surface area contributed by atoms with Crippen LogP contribution in [0.3, 0.4) is 0 Å². The minimum absolute atomic E-state index is 0.0888. The average Bonchev–Trinajstić information content (AvgIpc) is 3.83. The van der Waals surface area contributed by atoms with Crippen LogP contribution in [0.5, 0.6) is 0 Å². The molecule has 0 bridgehead atoms. The van der Waals surface area contributed by atoms with Crippen molar-refractivity contribution in [1.82, 2.24) is 0 Å². The standard InChI is InChI=1S/C26H26O9/c1-3-7-13(8-4-1)23-27-11-15-17(33-23)19-21(31-19)25(29-15)35-26-22-20(32-22)18-16(30-26)12-28-24(34-18)14-9-5-2-6-10-14/h1-10,15-26H,11-12H2/t15-,16-,17-,18-,19-,20-,21-,22-,23?,24?,25-,26-/m1/s1. The highest BCUT2D eigenvalue weighted by Gasteiger charge is 2.65. The minimum atomic E-state index is -0.574. The van der Waals surface area contributed by atoms with E-state index < -0.39 is 25.2 Å². The van der Waals surface area contributed by atoms with Gasteiger partial charge in [0.15, 0.2) is 25.2 Å². The van der Waals surface area contributed by atoms with Gasteiger partial charge in [-0.2, -0.15) is 0 Å². The third kappa shape index (κ3) is 3.74. The van der Waals surface area contributed by atoms with E-state index in [-0.39, 0.29) is 48.8 Å². The van der Waals surface area contributed by atoms with Gasteiger partial charge in [-0.3, -0.25) is 0 Å². The molecule has 12 atom stereocenters. The Morgan fingerprint density at radius 3 is 1.40 bits per heavy atom. The summed E-state index contributed by atoms with van der Waals surface area (Å²) in [4.78, 5) is 0. The molecule has 0 radical (unpaired) electrons. The Morgan fingerprint density at radius 1 is 0.486 bits per heavy atom. The lowest BCUT2D eigenvalue weighted by atomic mass is 10.0. The van der Waals surface area contributed by atoms with E-state index in [0.717, 1.165) is 11.1 Å². The second-order valence-corrected chi connectivity index (χ2v) is 9.71. The van der Waals surface area contributed by atoms with Crippen LogP contribution in [0.2, 0.25) is 0 Å². The van der Waals surface area contributed by atoms with E-state index in [9.17, 15) is 0 Å². The fraction of sp³-hybridized carbons (Fsp3) is 0.538. The predicted molar refractivity (Wildman–Crippen MR) is 116 cm³/mol. The maximum absolute atomic E-state index is 6.24. The van der Waals surface area contributed by atoms with E-state index in [1.165, 1.54) is 0 Å². The van der Waals surface area contributed by atoms with Crippen molar-refractivity contribution in [3.63, 3.8) is 0 Å². The maximum Gasteiger partial charge on any atom is 0.190 e. The van der Waals surface area contributed by atoms with Gasteiger partial charge in [0.05, 0.1) is 13.2 Å². The van der Waals surface area contributed by atoms with Gasteiger partial charge in [-0.1, -0.05) is 60.7 Å². The minimum Gasteiger partial charge on any atom is -0.361 e. The molecule has 0 saturated carbocycles. The Balaban J connectivity index is 0.900. The summed E-state index contributed by atoms with van der Waals surface area (Å²) >= 11 is 0. The molecular weight excluding hydrogens is 456 g/mol. The summed E-state index contributed by atoms with van der Waals surface area (Å²) in [5, 5.41) is 0. The number of hydrogen-bond donors (Lipinski definition) is 0. The zero-order valence-electron chi connectivity index (χ0n) is 18.8. The van der Waals surface area contributed by atoms with Gasteiger partial charge in [0.2, 0.25) is 0 Å². The molecule has 0 aliphatic carbocycles. The zero-order chi connectivity index (χ0) is 22.9. The van der Waals surface area contributed by atoms with E-state index in [1.807, 2.05) is 60.7 Å². The van der Waals surface area contributed by atoms with Crippen LogP contribution in [0.1, 0.15) is 23.7 Å². The highest BCUT2D eigenvalue weighted by Crippen LogP contribution is 2.47. The Labute approximate surface area is 202 Å². The normalized spacial score (nSPS) is 47.5. The lowest BCUT2D eigenvalue weighted by Crippen LogP contribution is -2.56. The molecule has 6 aliphatic heterocycles. The summed E-state index contributed by atoms with van der Waals surface area (Å²) in [6.07, 6.45) is -3.52. The lowest BCUT2D eigenvalue weighted by Gasteiger charge is -2.42. The molecule has 35 heavy (non-hydrogen) atoms. The summed E-state index contributed by atoms with van der Waals surface area (Å²) in [5.41, 5.74) is 1.96. The van der Waals surface area contributed by atoms with Gasteiger partial charge in [0.1, 0.15) is 48.8 Å². The smallest absolute Gasteiger partial charge is 0.190 e. The van der Waals surface area contributed by atoms with Gasteiger partial charge in [0, 0.05) is 11.1 Å². The van der Waals surface area contributed by atoms with Crippen LogP contribution in [-0.4, -0.2) is 74.6 Å². The lowest BCUT2D eigenvalue weighted by molar-refractivity contribution is -0.352. The molecule has 184 valence electrons. The molecule has 6 aliphatic rings. The molecule has 6 fully saturated rings. The van der Waals surface area contributed by atoms with Crippen LogP contribution in [0.4, 0.5) is 0 Å². The van der Waals surface area contributed by atoms with Crippen LogP contribution < -0.4 is 0 Å². The number of ether oxygens (including phenoxy) is 9. The van der Waals surface area contributed by atoms with Crippen molar-refractivity contribution in [2.45, 2.75) is 74.0 Å². The van der Waals surface area contributed by atoms with Crippen molar-refractivity contribution in [1.29, 1.82) is 0 Å². The highest BCUT2D eigenvalue weighted by atomic mass is 16.8. The fourth-order valence-electron chi connectivity index (χ4n) is 5.56. The molecule has 9 heteroatoms. The SMILES string of the molecule is c1ccc(C2OC[C@H]3O[C@H](O[C@H]4O[C@@H]5COC(c6ccccc6)O[C@H]5[C@H]5O[C@@H]45)[C@@H]4O[C@@H]4[C@@H]3O2)cc1. The summed E-state index contributed by atoms with van der Waals surface area (Å²) in [7, 11) is 0. The van der Waals surface area contributed by atoms with Crippen LogP contribution in [0.25, 0.3) is 0 Å². The monoisotopic (exact) mass is 482 g/mol. The fourth-order valence-corrected chi connectivity index (χ4v) is 5.56. The number of benzene rings is 2. The van der Waals surface area contributed by atoms with Gasteiger partial charge in [-0.25, -0.2) is 0 Å². The second-order valence-electron chi connectivity index (χ2n) is 9.71. The Hall–Kier alpha value is -1.92. The number of rotatable bonds is 4. The van der Waals surface area contributed by atoms with Crippen LogP contribution in [0, 0.1) is 0 Å². The van der Waals surface area contributed by atoms with Crippen molar-refractivity contribution in [3.8, 4) is 0 Å². The van der Waals surface area contributed by atoms with Crippen LogP contribution in [-0.2, 0) is 42.6 Å². The number of hydrogen-bond acceptors (Lipinski definition) is 9. The Bertz CT molecular complexity index is 970. The molecule has 0 N–H and O–H groups in total. The third-order valence-corrected chi connectivity index (χ3v) is 7.45. The van der Waals surface area contributed by atoms with Crippen molar-refractivity contribution < 1.29 is 42.6 Å². The van der Waals surface area contributed by atoms with E-state index in [1.54, 1.807) is 0 Å². The topological polar surface area (TPSA) is 89.7 Å². The summed E-state index contributed by atoms with van der Waals surface area (Å²) in [6, 6.07) is 19.8. The first-order chi connectivity index (χ1) is 17.3. The molecule has 2 unspecified atom stereocenters. The van der Waals surface area contributed by atoms with Gasteiger partial charge in [0.25, 0.3) is 0 Å². The van der Waals surface area contributed by atoms with Crippen molar-refractivity contribution in [2.24, 2.45) is 0 Å². The van der Waals surface area contributed by atoms with Gasteiger partial charge in [-0.15, -0.1) is 0 Å². The molecule has 6 saturated heterocycles. The zero-order valence-corrected chi connectivity index (χ0v) is 18.8. The molecule has 0 spiro atoms. The molecule has 2 aromatic rings. The molecule has 2 aromatic carbocycles. The average molecular weight is 482 g/mol. The summed E-state index contributed by atoms with van der Waals surface area (Å²) < 4.78 is 54.8. The first kappa shape index (κ1) is 21.2. The number of epoxide rings is 2. The molecule has 0 aromatic heterocycles. The van der Waals surface area contributed by atoms with E-state index >= 15 is 0 Å². The van der Waals surface area contributed by atoms with E-state index in [4.69, 9.17) is 42.6 Å². The Morgan fingerprint density at radius 2 is 0.943 bits per heavy atom. The molecule has 0 amide bonds. The molecular formula is C26H26O9. The summed E-state index contributed by atoms with van der Waals surface area (Å²) in [6.45, 7) is 0.802. The molecule has 9 nitrogen and oxygen atoms in total. The van der Waals surface area contributed by atoms with Crippen molar-refractivity contribution in [3.05, 3.63) is 71.8 Å². The van der Waals surface area contributed by atoms with Gasteiger partial charge in [-0.05, 0) is 0 Å². The molecule has 6 heterocycles. The van der Waals surface area contributed by atoms with E-state index in [0.29, 0.717) is 13.2 Å². The largest absolute Gasteiger partial charge is 0.361 e. The van der Waals surface area contributed by atoms with Crippen molar-refractivity contribution >= 4 is 0 Å². The first-order valence-corrected chi connectivity index (χ1v) is 12.2. The third-order valence-electron chi connectivity index (χ3n) is 7.45.